The van der Waals surface area contributed by atoms with Crippen molar-refractivity contribution in [3.05, 3.63) is 59.7 Å². The second kappa shape index (κ2) is 11.3. The highest BCUT2D eigenvalue weighted by molar-refractivity contribution is 5.80. The Labute approximate surface area is 174 Å². The lowest BCUT2D eigenvalue weighted by Crippen LogP contribution is -2.44. The second-order valence-corrected chi connectivity index (χ2v) is 6.98. The lowest BCUT2D eigenvalue weighted by atomic mass is 9.94. The van der Waals surface area contributed by atoms with Gasteiger partial charge in [0.15, 0.2) is 17.5 Å². The van der Waals surface area contributed by atoms with Crippen LogP contribution in [0.15, 0.2) is 53.5 Å². The fourth-order valence-electron chi connectivity index (χ4n) is 3.05. The molecule has 0 aromatic heterocycles. The van der Waals surface area contributed by atoms with Crippen LogP contribution in [0.3, 0.4) is 0 Å². The highest BCUT2D eigenvalue weighted by atomic mass is 16.5. The molecular weight excluding hydrogens is 366 g/mol. The topological polar surface area (TPSA) is 75.1 Å². The first-order valence-electron chi connectivity index (χ1n) is 9.99. The van der Waals surface area contributed by atoms with Crippen molar-refractivity contribution in [1.82, 2.24) is 10.6 Å². The molecule has 0 amide bonds. The van der Waals surface area contributed by atoms with Crippen LogP contribution in [0.4, 0.5) is 0 Å². The van der Waals surface area contributed by atoms with Gasteiger partial charge in [0.05, 0.1) is 26.9 Å². The molecule has 6 heteroatoms. The van der Waals surface area contributed by atoms with Gasteiger partial charge >= 0.3 is 0 Å². The summed E-state index contributed by atoms with van der Waals surface area (Å²) in [5, 5.41) is 17.3. The predicted molar refractivity (Wildman–Crippen MR) is 118 cm³/mol. The van der Waals surface area contributed by atoms with Gasteiger partial charge in [0.2, 0.25) is 0 Å². The molecule has 0 saturated heterocycles. The molecular formula is C23H33N3O3. The fraction of sp³-hybridized carbons (Fsp3) is 0.435. The van der Waals surface area contributed by atoms with Gasteiger partial charge in [-0.2, -0.15) is 0 Å². The van der Waals surface area contributed by atoms with E-state index in [1.165, 1.54) is 5.56 Å². The molecule has 0 aliphatic carbocycles. The van der Waals surface area contributed by atoms with Crippen LogP contribution in [0.2, 0.25) is 0 Å². The zero-order valence-corrected chi connectivity index (χ0v) is 18.0. The molecule has 0 aliphatic rings. The summed E-state index contributed by atoms with van der Waals surface area (Å²) in [5.41, 5.74) is 2.00. The first-order chi connectivity index (χ1) is 14.0. The molecule has 3 atom stereocenters. The van der Waals surface area contributed by atoms with E-state index in [4.69, 9.17) is 9.47 Å². The predicted octanol–water partition coefficient (Wildman–Crippen LogP) is 3.48. The number of hydrogen-bond donors (Lipinski definition) is 3. The molecule has 3 N–H and O–H groups in total. The maximum absolute atomic E-state index is 10.6. The number of benzene rings is 2. The molecule has 0 spiro atoms. The summed E-state index contributed by atoms with van der Waals surface area (Å²) in [6.45, 7) is 7.32. The summed E-state index contributed by atoms with van der Waals surface area (Å²) >= 11 is 0. The minimum Gasteiger partial charge on any atom is -0.493 e. The van der Waals surface area contributed by atoms with Crippen LogP contribution in [-0.2, 0) is 0 Å². The van der Waals surface area contributed by atoms with E-state index in [9.17, 15) is 5.11 Å². The van der Waals surface area contributed by atoms with Crippen LogP contribution in [-0.4, -0.2) is 44.4 Å². The van der Waals surface area contributed by atoms with E-state index in [2.05, 4.69) is 53.7 Å². The zero-order valence-electron chi connectivity index (χ0n) is 18.0. The standard InChI is InChI=1S/C23H33N3O3/c1-6-24-23(26-17(3)16(2)18-10-8-7-9-11-18)25-15-20(27)19-12-13-21(28-4)22(14-19)29-5/h7-14,16-17,20,27H,6,15H2,1-5H3,(H2,24,25,26). The Hall–Kier alpha value is -2.73. The van der Waals surface area contributed by atoms with E-state index < -0.39 is 6.10 Å². The maximum Gasteiger partial charge on any atom is 0.191 e. The normalized spacial score (nSPS) is 14.6. The van der Waals surface area contributed by atoms with Crippen molar-refractivity contribution >= 4 is 5.96 Å². The lowest BCUT2D eigenvalue weighted by Gasteiger charge is -2.24. The Morgan fingerprint density at radius 2 is 1.69 bits per heavy atom. The average molecular weight is 400 g/mol. The van der Waals surface area contributed by atoms with Crippen molar-refractivity contribution in [1.29, 1.82) is 0 Å². The van der Waals surface area contributed by atoms with Crippen molar-refractivity contribution in [2.45, 2.75) is 38.8 Å². The van der Waals surface area contributed by atoms with E-state index in [1.807, 2.05) is 19.1 Å². The molecule has 2 aromatic carbocycles. The highest BCUT2D eigenvalue weighted by Crippen LogP contribution is 2.30. The van der Waals surface area contributed by atoms with Crippen LogP contribution in [0.25, 0.3) is 0 Å². The number of nitrogens with zero attached hydrogens (tertiary/aromatic N) is 1. The Morgan fingerprint density at radius 3 is 2.31 bits per heavy atom. The number of rotatable bonds is 9. The number of hydrogen-bond acceptors (Lipinski definition) is 4. The minimum atomic E-state index is -0.743. The van der Waals surface area contributed by atoms with Crippen molar-refractivity contribution in [3.8, 4) is 11.5 Å². The minimum absolute atomic E-state index is 0.174. The summed E-state index contributed by atoms with van der Waals surface area (Å²) in [7, 11) is 3.17. The second-order valence-electron chi connectivity index (χ2n) is 6.98. The smallest absolute Gasteiger partial charge is 0.191 e. The first-order valence-corrected chi connectivity index (χ1v) is 9.99. The number of nitrogens with one attached hydrogen (secondary N) is 2. The van der Waals surface area contributed by atoms with Gasteiger partial charge in [0, 0.05) is 18.5 Å². The van der Waals surface area contributed by atoms with Crippen LogP contribution in [0, 0.1) is 0 Å². The summed E-state index contributed by atoms with van der Waals surface area (Å²) in [6.07, 6.45) is -0.743. The molecule has 0 saturated carbocycles. The molecule has 6 nitrogen and oxygen atoms in total. The Morgan fingerprint density at radius 1 is 1.00 bits per heavy atom. The average Bonchev–Trinajstić information content (AvgIpc) is 2.76. The Balaban J connectivity index is 2.06. The molecule has 2 rings (SSSR count). The number of aliphatic hydroxyl groups excluding tert-OH is 1. The van der Waals surface area contributed by atoms with Gasteiger partial charge in [0.1, 0.15) is 0 Å². The fourth-order valence-corrected chi connectivity index (χ4v) is 3.05. The Kier molecular flexibility index (Phi) is 8.80. The van der Waals surface area contributed by atoms with Crippen molar-refractivity contribution in [2.75, 3.05) is 27.3 Å². The van der Waals surface area contributed by atoms with Gasteiger partial charge < -0.3 is 25.2 Å². The summed E-state index contributed by atoms with van der Waals surface area (Å²) < 4.78 is 10.6. The zero-order chi connectivity index (χ0) is 21.2. The van der Waals surface area contributed by atoms with Crippen LogP contribution >= 0.6 is 0 Å². The third-order valence-corrected chi connectivity index (χ3v) is 5.00. The third-order valence-electron chi connectivity index (χ3n) is 5.00. The van der Waals surface area contributed by atoms with Gasteiger partial charge in [-0.25, -0.2) is 0 Å². The lowest BCUT2D eigenvalue weighted by molar-refractivity contribution is 0.186. The van der Waals surface area contributed by atoms with E-state index in [0.29, 0.717) is 23.4 Å². The monoisotopic (exact) mass is 399 g/mol. The molecule has 2 aromatic rings. The van der Waals surface area contributed by atoms with Gasteiger partial charge in [-0.15, -0.1) is 0 Å². The third kappa shape index (κ3) is 6.39. The number of guanidine groups is 1. The van der Waals surface area contributed by atoms with Gasteiger partial charge in [-0.1, -0.05) is 43.3 Å². The van der Waals surface area contributed by atoms with Gasteiger partial charge in [0.25, 0.3) is 0 Å². The Bertz CT molecular complexity index is 780. The van der Waals surface area contributed by atoms with Crippen LogP contribution in [0.1, 0.15) is 43.9 Å². The number of ether oxygens (including phenoxy) is 2. The van der Waals surface area contributed by atoms with E-state index >= 15 is 0 Å². The van der Waals surface area contributed by atoms with Crippen molar-refractivity contribution < 1.29 is 14.6 Å². The summed E-state index contributed by atoms with van der Waals surface area (Å²) in [4.78, 5) is 4.58. The van der Waals surface area contributed by atoms with Gasteiger partial charge in [-0.05, 0) is 37.1 Å². The van der Waals surface area contributed by atoms with Crippen LogP contribution < -0.4 is 20.1 Å². The highest BCUT2D eigenvalue weighted by Gasteiger charge is 2.16. The molecule has 0 bridgehead atoms. The van der Waals surface area contributed by atoms with Crippen molar-refractivity contribution in [3.63, 3.8) is 0 Å². The maximum atomic E-state index is 10.6. The number of methoxy groups -OCH3 is 2. The van der Waals surface area contributed by atoms with E-state index in [0.717, 1.165) is 12.1 Å². The summed E-state index contributed by atoms with van der Waals surface area (Å²) in [5.74, 6) is 2.21. The molecule has 0 heterocycles. The molecule has 0 fully saturated rings. The largest absolute Gasteiger partial charge is 0.493 e. The summed E-state index contributed by atoms with van der Waals surface area (Å²) in [6, 6.07) is 16.0. The van der Waals surface area contributed by atoms with Crippen molar-refractivity contribution in [2.24, 2.45) is 4.99 Å². The number of aliphatic hydroxyl groups is 1. The van der Waals surface area contributed by atoms with Gasteiger partial charge in [-0.3, -0.25) is 4.99 Å². The SMILES string of the molecule is CCNC(=NCC(O)c1ccc(OC)c(OC)c1)NC(C)C(C)c1ccccc1. The van der Waals surface area contributed by atoms with E-state index in [1.54, 1.807) is 26.4 Å². The van der Waals surface area contributed by atoms with E-state index in [-0.39, 0.29) is 12.6 Å². The molecule has 0 aliphatic heterocycles. The molecule has 3 unspecified atom stereocenters. The molecule has 29 heavy (non-hydrogen) atoms. The quantitative estimate of drug-likeness (QED) is 0.445. The molecule has 0 radical (unpaired) electrons. The molecule has 158 valence electrons. The first kappa shape index (κ1) is 22.6. The van der Waals surface area contributed by atoms with Crippen LogP contribution in [0.5, 0.6) is 11.5 Å². The number of aliphatic imine (C=N–C) groups is 1.